The molecule has 3 heterocycles. The van der Waals surface area contributed by atoms with Gasteiger partial charge in [0.25, 0.3) is 0 Å². The summed E-state index contributed by atoms with van der Waals surface area (Å²) >= 11 is 7.61. The Balaban J connectivity index is 1.37. The lowest BCUT2D eigenvalue weighted by molar-refractivity contribution is -0.205. The molecule has 208 valence electrons. The molecule has 3 aliphatic heterocycles. The first-order valence-electron chi connectivity index (χ1n) is 12.7. The van der Waals surface area contributed by atoms with E-state index in [4.69, 9.17) is 21.1 Å². The molecule has 0 spiro atoms. The highest BCUT2D eigenvalue weighted by atomic mass is 35.5. The van der Waals surface area contributed by atoms with Gasteiger partial charge < -0.3 is 40.7 Å². The van der Waals surface area contributed by atoms with E-state index in [0.717, 1.165) is 18.4 Å². The maximum absolute atomic E-state index is 13.5. The molecule has 1 aromatic carbocycles. The summed E-state index contributed by atoms with van der Waals surface area (Å²) in [6.07, 6.45) is -2.16. The van der Waals surface area contributed by atoms with Crippen molar-refractivity contribution in [3.05, 3.63) is 35.6 Å². The van der Waals surface area contributed by atoms with Crippen LogP contribution in [0, 0.1) is 11.7 Å². The Labute approximate surface area is 225 Å². The van der Waals surface area contributed by atoms with Crippen LogP contribution in [0.1, 0.15) is 25.3 Å². The van der Waals surface area contributed by atoms with E-state index in [1.165, 1.54) is 23.9 Å². The number of halogens is 2. The van der Waals surface area contributed by atoms with Crippen molar-refractivity contribution in [3.63, 3.8) is 0 Å². The monoisotopic (exact) mass is 561 g/mol. The molecule has 12 heteroatoms. The Morgan fingerprint density at radius 1 is 1.30 bits per heavy atom. The van der Waals surface area contributed by atoms with Crippen molar-refractivity contribution in [1.29, 1.82) is 0 Å². The third kappa shape index (κ3) is 6.77. The van der Waals surface area contributed by atoms with Gasteiger partial charge in [-0.05, 0) is 43.7 Å². The highest BCUT2D eigenvalue weighted by molar-refractivity contribution is 7.99. The van der Waals surface area contributed by atoms with Crippen LogP contribution in [0.2, 0.25) is 0 Å². The number of hydrogen-bond acceptors (Lipinski definition) is 9. The topological polar surface area (TPSA) is 132 Å². The van der Waals surface area contributed by atoms with Crippen LogP contribution in [0.4, 0.5) is 4.39 Å². The normalized spacial score (nSPS) is 37.9. The van der Waals surface area contributed by atoms with Crippen LogP contribution in [-0.2, 0) is 20.8 Å². The predicted octanol–water partition coefficient (Wildman–Crippen LogP) is 0.334. The summed E-state index contributed by atoms with van der Waals surface area (Å²) in [7, 11) is 0. The number of aliphatic hydroxyl groups excluding tert-OH is 3. The van der Waals surface area contributed by atoms with Gasteiger partial charge in [-0.3, -0.25) is 4.79 Å². The van der Waals surface area contributed by atoms with E-state index in [-0.39, 0.29) is 29.8 Å². The molecule has 0 aromatic heterocycles. The van der Waals surface area contributed by atoms with E-state index in [0.29, 0.717) is 19.7 Å². The summed E-state index contributed by atoms with van der Waals surface area (Å²) in [6, 6.07) is 5.26. The third-order valence-electron chi connectivity index (χ3n) is 7.52. The van der Waals surface area contributed by atoms with Gasteiger partial charge in [0.2, 0.25) is 5.91 Å². The lowest BCUT2D eigenvalue weighted by atomic mass is 9.92. The number of fused-ring (bicyclic) bond motifs is 1. The van der Waals surface area contributed by atoms with E-state index in [9.17, 15) is 24.5 Å². The largest absolute Gasteiger partial charge is 0.388 e. The first-order chi connectivity index (χ1) is 17.7. The molecule has 3 aliphatic rings. The third-order valence-corrected chi connectivity index (χ3v) is 8.65. The van der Waals surface area contributed by atoms with Crippen molar-refractivity contribution < 1.29 is 34.0 Å². The number of nitrogens with one attached hydrogen (secondary N) is 3. The lowest BCUT2D eigenvalue weighted by Crippen LogP contribution is -2.65. The number of carbonyl (C=O) groups is 1. The van der Waals surface area contributed by atoms with Gasteiger partial charge in [0.05, 0.1) is 17.5 Å². The van der Waals surface area contributed by atoms with Gasteiger partial charge in [-0.25, -0.2) is 4.39 Å². The molecule has 0 saturated carbocycles. The molecule has 1 amide bonds. The second kappa shape index (κ2) is 12.9. The minimum absolute atomic E-state index is 0.101. The highest BCUT2D eigenvalue weighted by Gasteiger charge is 2.49. The summed E-state index contributed by atoms with van der Waals surface area (Å²) in [4.78, 5) is 13.4. The van der Waals surface area contributed by atoms with Crippen molar-refractivity contribution in [2.75, 3.05) is 19.4 Å². The molecular weight excluding hydrogens is 525 g/mol. The number of hydrogen-bond donors (Lipinski definition) is 6. The van der Waals surface area contributed by atoms with E-state index >= 15 is 0 Å². The standard InChI is InChI=1S/C25H37ClFN3O6S/c1-12(26)17(23-20(32)19(31)21(33)25(36-23)37-2)30-24(34)18-22-14(11-29-18)9-16(6-7-35-22)28-10-13-4-3-5-15(27)8-13/h3-5,8,12,14,16-23,25,28-29,31-33H,6-7,9-11H2,1-2H3,(H,30,34)/t12-,14-,16?,17+,18-,19?,20?,21?,22+,23?,25?/m0/s1. The van der Waals surface area contributed by atoms with Gasteiger partial charge in [0, 0.05) is 31.7 Å². The second-order valence-corrected chi connectivity index (χ2v) is 11.7. The van der Waals surface area contributed by atoms with Crippen molar-refractivity contribution in [3.8, 4) is 0 Å². The van der Waals surface area contributed by atoms with E-state index in [1.807, 2.05) is 6.07 Å². The average molecular weight is 562 g/mol. The van der Waals surface area contributed by atoms with Crippen LogP contribution in [0.25, 0.3) is 0 Å². The van der Waals surface area contributed by atoms with Crippen molar-refractivity contribution in [2.24, 2.45) is 5.92 Å². The molecule has 3 fully saturated rings. The number of rotatable bonds is 8. The number of alkyl halides is 1. The fourth-order valence-electron chi connectivity index (χ4n) is 5.48. The zero-order chi connectivity index (χ0) is 26.7. The Morgan fingerprint density at radius 3 is 2.78 bits per heavy atom. The zero-order valence-electron chi connectivity index (χ0n) is 20.9. The summed E-state index contributed by atoms with van der Waals surface area (Å²) in [5, 5.41) is 40.1. The van der Waals surface area contributed by atoms with Crippen LogP contribution in [-0.4, -0.2) is 100 Å². The number of carbonyl (C=O) groups excluding carboxylic acids is 1. The van der Waals surface area contributed by atoms with Gasteiger partial charge in [-0.2, -0.15) is 0 Å². The van der Waals surface area contributed by atoms with Gasteiger partial charge in [-0.1, -0.05) is 12.1 Å². The first kappa shape index (κ1) is 29.0. The molecule has 0 radical (unpaired) electrons. The molecule has 37 heavy (non-hydrogen) atoms. The maximum Gasteiger partial charge on any atom is 0.240 e. The second-order valence-electron chi connectivity index (χ2n) is 10.1. The average Bonchev–Trinajstić information content (AvgIpc) is 3.15. The predicted molar refractivity (Wildman–Crippen MR) is 139 cm³/mol. The summed E-state index contributed by atoms with van der Waals surface area (Å²) in [6.45, 7) is 3.31. The lowest BCUT2D eigenvalue weighted by Gasteiger charge is -2.44. The number of aliphatic hydroxyl groups is 3. The summed E-state index contributed by atoms with van der Waals surface area (Å²) in [5.41, 5.74) is 0.104. The molecule has 11 atom stereocenters. The Hall–Kier alpha value is -1.02. The Morgan fingerprint density at radius 2 is 2.08 bits per heavy atom. The van der Waals surface area contributed by atoms with Gasteiger partial charge in [0.15, 0.2) is 0 Å². The molecule has 3 saturated heterocycles. The van der Waals surface area contributed by atoms with E-state index in [2.05, 4.69) is 16.0 Å². The Kier molecular flexibility index (Phi) is 10.1. The molecular formula is C25H37ClFN3O6S. The molecule has 1 aromatic rings. The van der Waals surface area contributed by atoms with Crippen molar-refractivity contribution >= 4 is 29.3 Å². The number of amides is 1. The van der Waals surface area contributed by atoms with E-state index < -0.39 is 47.3 Å². The smallest absolute Gasteiger partial charge is 0.240 e. The maximum atomic E-state index is 13.5. The van der Waals surface area contributed by atoms with Crippen LogP contribution in [0.5, 0.6) is 0 Å². The molecule has 9 nitrogen and oxygen atoms in total. The van der Waals surface area contributed by atoms with Crippen molar-refractivity contribution in [1.82, 2.24) is 16.0 Å². The van der Waals surface area contributed by atoms with Crippen LogP contribution >= 0.6 is 23.4 Å². The molecule has 6 unspecified atom stereocenters. The quantitative estimate of drug-likeness (QED) is 0.249. The fourth-order valence-corrected chi connectivity index (χ4v) is 6.36. The summed E-state index contributed by atoms with van der Waals surface area (Å²) in [5.74, 6) is -0.486. The van der Waals surface area contributed by atoms with Crippen molar-refractivity contribution in [2.45, 2.75) is 85.8 Å². The van der Waals surface area contributed by atoms with Crippen LogP contribution in [0.3, 0.4) is 0 Å². The van der Waals surface area contributed by atoms with E-state index in [1.54, 1.807) is 19.2 Å². The zero-order valence-corrected chi connectivity index (χ0v) is 22.5. The van der Waals surface area contributed by atoms with Gasteiger partial charge in [-0.15, -0.1) is 23.4 Å². The molecule has 6 N–H and O–H groups in total. The minimum Gasteiger partial charge on any atom is -0.388 e. The minimum atomic E-state index is -1.43. The SMILES string of the molecule is CSC1OC([C@H](NC(=O)[C@H]2NC[C@@H]3CC(NCc4cccc(F)c4)CCO[C@H]32)[C@H](C)Cl)C(O)C(O)C1O. The first-order valence-corrected chi connectivity index (χ1v) is 14.4. The fraction of sp³-hybridized carbons (Fsp3) is 0.720. The number of ether oxygens (including phenoxy) is 2. The highest BCUT2D eigenvalue weighted by Crippen LogP contribution is 2.31. The number of thioether (sulfide) groups is 1. The molecule has 0 aliphatic carbocycles. The van der Waals surface area contributed by atoms with Gasteiger partial charge >= 0.3 is 0 Å². The summed E-state index contributed by atoms with van der Waals surface area (Å²) < 4.78 is 25.5. The van der Waals surface area contributed by atoms with Crippen LogP contribution < -0.4 is 16.0 Å². The molecule has 0 bridgehead atoms. The Bertz CT molecular complexity index is 917. The van der Waals surface area contributed by atoms with Gasteiger partial charge in [0.1, 0.15) is 41.7 Å². The van der Waals surface area contributed by atoms with Crippen LogP contribution in [0.15, 0.2) is 24.3 Å². The number of benzene rings is 1. The molecule has 4 rings (SSSR count).